The number of aliphatic imine (C=N–C) groups is 1. The third kappa shape index (κ3) is 6.67. The third-order valence-electron chi connectivity index (χ3n) is 1.18. The Morgan fingerprint density at radius 1 is 1.31 bits per heavy atom. The van der Waals surface area contributed by atoms with Gasteiger partial charge in [-0.1, -0.05) is 0 Å². The molecule has 0 unspecified atom stereocenters. The van der Waals surface area contributed by atoms with E-state index in [4.69, 9.17) is 5.11 Å². The Morgan fingerprint density at radius 2 is 1.92 bits per heavy atom. The zero-order chi connectivity index (χ0) is 10.3. The van der Waals surface area contributed by atoms with Crippen molar-refractivity contribution < 1.29 is 19.5 Å². The maximum Gasteiger partial charge on any atom is 0.346 e. The topological polar surface area (TPSA) is 95.8 Å². The predicted octanol–water partition coefficient (Wildman–Crippen LogP) is 0.178. The van der Waals surface area contributed by atoms with Crippen LogP contribution in [0.3, 0.4) is 0 Å². The molecule has 0 bridgehead atoms. The average molecular weight is 186 g/mol. The standard InChI is InChI=1S/C7H10N2O4/c1-8-7(13)9-5(10)3-2-4-6(11)12/h1-4H2,(H,11,12)(H,9,10,13). The van der Waals surface area contributed by atoms with Gasteiger partial charge in [-0.3, -0.25) is 14.9 Å². The van der Waals surface area contributed by atoms with E-state index >= 15 is 0 Å². The second kappa shape index (κ2) is 5.87. The fourth-order valence-corrected chi connectivity index (χ4v) is 0.621. The lowest BCUT2D eigenvalue weighted by Crippen LogP contribution is -2.27. The van der Waals surface area contributed by atoms with E-state index in [1.807, 2.05) is 5.32 Å². The van der Waals surface area contributed by atoms with Crippen LogP contribution in [0.5, 0.6) is 0 Å². The first-order valence-electron chi connectivity index (χ1n) is 3.58. The molecule has 13 heavy (non-hydrogen) atoms. The largest absolute Gasteiger partial charge is 0.481 e. The minimum Gasteiger partial charge on any atom is -0.481 e. The van der Waals surface area contributed by atoms with Crippen molar-refractivity contribution in [3.05, 3.63) is 0 Å². The second-order valence-corrected chi connectivity index (χ2v) is 2.26. The van der Waals surface area contributed by atoms with Gasteiger partial charge in [-0.05, 0) is 13.1 Å². The summed E-state index contributed by atoms with van der Waals surface area (Å²) in [7, 11) is 0. The van der Waals surface area contributed by atoms with Crippen LogP contribution in [0, 0.1) is 0 Å². The third-order valence-corrected chi connectivity index (χ3v) is 1.18. The summed E-state index contributed by atoms with van der Waals surface area (Å²) in [4.78, 5) is 34.2. The Bertz CT molecular complexity index is 237. The van der Waals surface area contributed by atoms with Crippen LogP contribution in [-0.4, -0.2) is 29.7 Å². The summed E-state index contributed by atoms with van der Waals surface area (Å²) in [5.74, 6) is -1.51. The maximum absolute atomic E-state index is 10.8. The van der Waals surface area contributed by atoms with Gasteiger partial charge in [0.1, 0.15) is 0 Å². The Hall–Kier alpha value is -1.72. The summed E-state index contributed by atoms with van der Waals surface area (Å²) in [5, 5.41) is 10.1. The molecule has 3 amide bonds. The summed E-state index contributed by atoms with van der Waals surface area (Å²) in [6.45, 7) is 2.91. The molecule has 0 rings (SSSR count). The fourth-order valence-electron chi connectivity index (χ4n) is 0.621. The first-order chi connectivity index (χ1) is 6.06. The van der Waals surface area contributed by atoms with Crippen molar-refractivity contribution in [3.8, 4) is 0 Å². The van der Waals surface area contributed by atoms with Crippen LogP contribution in [-0.2, 0) is 9.59 Å². The van der Waals surface area contributed by atoms with Crippen molar-refractivity contribution >= 4 is 24.6 Å². The van der Waals surface area contributed by atoms with Crippen molar-refractivity contribution in [2.24, 2.45) is 4.99 Å². The lowest BCUT2D eigenvalue weighted by atomic mass is 10.2. The summed E-state index contributed by atoms with van der Waals surface area (Å²) in [6.07, 6.45) is 0.0995. The Balaban J connectivity index is 3.57. The van der Waals surface area contributed by atoms with Crippen LogP contribution < -0.4 is 5.32 Å². The maximum atomic E-state index is 10.8. The van der Waals surface area contributed by atoms with Crippen molar-refractivity contribution in [1.82, 2.24) is 5.32 Å². The Labute approximate surface area is 74.7 Å². The van der Waals surface area contributed by atoms with Gasteiger partial charge in [-0.2, -0.15) is 0 Å². The fraction of sp³-hybridized carbons (Fsp3) is 0.429. The zero-order valence-electron chi connectivity index (χ0n) is 6.95. The van der Waals surface area contributed by atoms with Crippen LogP contribution in [0.2, 0.25) is 0 Å². The molecule has 0 aromatic carbocycles. The molecule has 0 saturated carbocycles. The van der Waals surface area contributed by atoms with Gasteiger partial charge in [0.25, 0.3) is 0 Å². The van der Waals surface area contributed by atoms with Gasteiger partial charge < -0.3 is 5.11 Å². The number of rotatable bonds is 4. The molecule has 0 radical (unpaired) electrons. The van der Waals surface area contributed by atoms with Gasteiger partial charge in [0.05, 0.1) is 0 Å². The van der Waals surface area contributed by atoms with E-state index < -0.39 is 17.9 Å². The van der Waals surface area contributed by atoms with E-state index in [0.717, 1.165) is 0 Å². The number of hydrogen-bond donors (Lipinski definition) is 2. The van der Waals surface area contributed by atoms with Crippen LogP contribution in [0.1, 0.15) is 19.3 Å². The lowest BCUT2D eigenvalue weighted by molar-refractivity contribution is -0.137. The molecule has 2 N–H and O–H groups in total. The van der Waals surface area contributed by atoms with Gasteiger partial charge in [0.15, 0.2) is 0 Å². The minimum absolute atomic E-state index is 0.00639. The molecule has 0 aromatic heterocycles. The van der Waals surface area contributed by atoms with E-state index in [9.17, 15) is 14.4 Å². The molecule has 0 spiro atoms. The van der Waals surface area contributed by atoms with Crippen LogP contribution in [0.25, 0.3) is 0 Å². The predicted molar refractivity (Wildman–Crippen MR) is 44.6 cm³/mol. The van der Waals surface area contributed by atoms with E-state index in [1.54, 1.807) is 0 Å². The highest BCUT2D eigenvalue weighted by atomic mass is 16.4. The molecular weight excluding hydrogens is 176 g/mol. The van der Waals surface area contributed by atoms with Gasteiger partial charge in [0.2, 0.25) is 5.91 Å². The van der Waals surface area contributed by atoms with Crippen molar-refractivity contribution in [2.75, 3.05) is 0 Å². The smallest absolute Gasteiger partial charge is 0.346 e. The summed E-state index contributed by atoms with van der Waals surface area (Å²) < 4.78 is 0. The van der Waals surface area contributed by atoms with Crippen molar-refractivity contribution in [3.63, 3.8) is 0 Å². The average Bonchev–Trinajstić information content (AvgIpc) is 2.03. The molecule has 0 aliphatic heterocycles. The number of hydrogen-bond acceptors (Lipinski definition) is 3. The number of carbonyl (C=O) groups is 3. The van der Waals surface area contributed by atoms with Crippen LogP contribution >= 0.6 is 0 Å². The lowest BCUT2D eigenvalue weighted by Gasteiger charge is -1.97. The van der Waals surface area contributed by atoms with Gasteiger partial charge in [-0.25, -0.2) is 9.79 Å². The number of urea groups is 1. The molecule has 0 saturated heterocycles. The van der Waals surface area contributed by atoms with Gasteiger partial charge in [0, 0.05) is 12.8 Å². The molecular formula is C7H10N2O4. The molecule has 0 heterocycles. The molecule has 0 fully saturated rings. The normalized spacial score (nSPS) is 8.92. The highest BCUT2D eigenvalue weighted by Gasteiger charge is 2.06. The number of carbonyl (C=O) groups excluding carboxylic acids is 2. The molecule has 0 atom stereocenters. The Morgan fingerprint density at radius 3 is 2.38 bits per heavy atom. The quantitative estimate of drug-likeness (QED) is 0.612. The number of nitrogens with zero attached hydrogens (tertiary/aromatic N) is 1. The summed E-state index contributed by atoms with van der Waals surface area (Å²) in [5.41, 5.74) is 0. The first-order valence-corrected chi connectivity index (χ1v) is 3.58. The number of carboxylic acids is 1. The highest BCUT2D eigenvalue weighted by Crippen LogP contribution is 1.94. The minimum atomic E-state index is -0.971. The monoisotopic (exact) mass is 186 g/mol. The highest BCUT2D eigenvalue weighted by molar-refractivity contribution is 5.95. The summed E-state index contributed by atoms with van der Waals surface area (Å²) in [6, 6.07) is -0.819. The Kier molecular flexibility index (Phi) is 5.09. The number of carboxylic acid groups (broad SMARTS) is 1. The number of aliphatic carboxylic acids is 1. The second-order valence-electron chi connectivity index (χ2n) is 2.26. The zero-order valence-corrected chi connectivity index (χ0v) is 6.95. The molecule has 0 aliphatic rings. The molecule has 6 heteroatoms. The number of nitrogens with one attached hydrogen (secondary N) is 1. The molecule has 6 nitrogen and oxygen atoms in total. The van der Waals surface area contributed by atoms with Crippen LogP contribution in [0.15, 0.2) is 4.99 Å². The summed E-state index contributed by atoms with van der Waals surface area (Å²) >= 11 is 0. The van der Waals surface area contributed by atoms with Crippen LogP contribution in [0.4, 0.5) is 4.79 Å². The van der Waals surface area contributed by atoms with E-state index in [-0.39, 0.29) is 19.3 Å². The van der Waals surface area contributed by atoms with E-state index in [0.29, 0.717) is 0 Å². The van der Waals surface area contributed by atoms with Crippen molar-refractivity contribution in [1.29, 1.82) is 0 Å². The number of amides is 3. The van der Waals surface area contributed by atoms with Gasteiger partial charge in [-0.15, -0.1) is 0 Å². The number of imide groups is 1. The van der Waals surface area contributed by atoms with Crippen molar-refractivity contribution in [2.45, 2.75) is 19.3 Å². The van der Waals surface area contributed by atoms with E-state index in [1.165, 1.54) is 0 Å². The molecule has 0 aliphatic carbocycles. The van der Waals surface area contributed by atoms with E-state index in [2.05, 4.69) is 11.7 Å². The molecule has 72 valence electrons. The van der Waals surface area contributed by atoms with Gasteiger partial charge >= 0.3 is 12.0 Å². The first kappa shape index (κ1) is 11.3. The molecule has 0 aromatic rings. The SMILES string of the molecule is C=NC(=O)NC(=O)CCCC(=O)O.